The predicted octanol–water partition coefficient (Wildman–Crippen LogP) is 3.56. The van der Waals surface area contributed by atoms with Crippen molar-refractivity contribution in [2.45, 2.75) is 77.2 Å². The van der Waals surface area contributed by atoms with E-state index in [9.17, 15) is 4.79 Å². The summed E-state index contributed by atoms with van der Waals surface area (Å²) in [6, 6.07) is -0.322. The van der Waals surface area contributed by atoms with E-state index in [1.54, 1.807) is 4.58 Å². The second-order valence-corrected chi connectivity index (χ2v) is 6.25. The van der Waals surface area contributed by atoms with E-state index in [1.807, 2.05) is 0 Å². The first-order valence-corrected chi connectivity index (χ1v) is 9.07. The number of carbonyl (C=O) groups is 1. The Morgan fingerprint density at radius 1 is 1.09 bits per heavy atom. The summed E-state index contributed by atoms with van der Waals surface area (Å²) in [5.41, 5.74) is 0. The van der Waals surface area contributed by atoms with Gasteiger partial charge in [-0.3, -0.25) is 0 Å². The minimum absolute atomic E-state index is 0.189. The maximum atomic E-state index is 11.9. The Kier molecular flexibility index (Phi) is 11.0. The van der Waals surface area contributed by atoms with Crippen LogP contribution in [0.1, 0.15) is 71.1 Å². The Morgan fingerprint density at radius 3 is 2.27 bits per heavy atom. The number of nitrogens with zero attached hydrogens (tertiary/aromatic N) is 1. The van der Waals surface area contributed by atoms with Gasteiger partial charge in [0.05, 0.1) is 6.61 Å². The van der Waals surface area contributed by atoms with E-state index in [0.717, 1.165) is 12.8 Å². The van der Waals surface area contributed by atoms with Crippen LogP contribution in [-0.4, -0.2) is 49.7 Å². The van der Waals surface area contributed by atoms with Crippen LogP contribution in [0.3, 0.4) is 0 Å². The highest BCUT2D eigenvalue weighted by Crippen LogP contribution is 2.10. The SMILES string of the molecule is C=[N+]1CCOCC1C(=O)OCCCCCCCCCCCC. The lowest BCUT2D eigenvalue weighted by Crippen LogP contribution is -2.44. The van der Waals surface area contributed by atoms with Gasteiger partial charge in [0.25, 0.3) is 6.04 Å². The lowest BCUT2D eigenvalue weighted by molar-refractivity contribution is -0.568. The zero-order valence-electron chi connectivity index (χ0n) is 14.4. The third-order valence-electron chi connectivity index (χ3n) is 4.25. The van der Waals surface area contributed by atoms with Gasteiger partial charge in [0.2, 0.25) is 0 Å². The largest absolute Gasteiger partial charge is 0.461 e. The summed E-state index contributed by atoms with van der Waals surface area (Å²) in [6.45, 7) is 8.38. The number of ether oxygens (including phenoxy) is 2. The summed E-state index contributed by atoms with van der Waals surface area (Å²) in [6.07, 6.45) is 12.9. The summed E-state index contributed by atoms with van der Waals surface area (Å²) >= 11 is 0. The van der Waals surface area contributed by atoms with Crippen LogP contribution in [0.2, 0.25) is 0 Å². The summed E-state index contributed by atoms with van der Waals surface area (Å²) in [4.78, 5) is 11.9. The van der Waals surface area contributed by atoms with E-state index in [4.69, 9.17) is 9.47 Å². The topological polar surface area (TPSA) is 38.5 Å². The van der Waals surface area contributed by atoms with Crippen LogP contribution < -0.4 is 0 Å². The molecule has 4 heteroatoms. The van der Waals surface area contributed by atoms with E-state index in [0.29, 0.717) is 26.4 Å². The average molecular weight is 312 g/mol. The molecule has 0 aliphatic carbocycles. The molecule has 128 valence electrons. The van der Waals surface area contributed by atoms with Gasteiger partial charge in [-0.2, -0.15) is 0 Å². The zero-order valence-corrected chi connectivity index (χ0v) is 14.4. The Bertz CT molecular complexity index is 317. The van der Waals surface area contributed by atoms with E-state index >= 15 is 0 Å². The number of morpholine rings is 1. The first kappa shape index (κ1) is 19.1. The van der Waals surface area contributed by atoms with Gasteiger partial charge in [-0.15, -0.1) is 0 Å². The second kappa shape index (κ2) is 12.6. The molecule has 0 aromatic heterocycles. The van der Waals surface area contributed by atoms with Crippen LogP contribution in [0.5, 0.6) is 0 Å². The molecule has 0 aromatic carbocycles. The van der Waals surface area contributed by atoms with Crippen LogP contribution in [0.4, 0.5) is 0 Å². The molecule has 1 aliphatic rings. The molecular weight excluding hydrogens is 278 g/mol. The van der Waals surface area contributed by atoms with Crippen LogP contribution in [0.15, 0.2) is 0 Å². The number of hydrogen-bond acceptors (Lipinski definition) is 3. The van der Waals surface area contributed by atoms with Gasteiger partial charge >= 0.3 is 5.97 Å². The predicted molar refractivity (Wildman–Crippen MR) is 89.7 cm³/mol. The van der Waals surface area contributed by atoms with Gasteiger partial charge in [0.15, 0.2) is 6.54 Å². The summed E-state index contributed by atoms with van der Waals surface area (Å²) < 4.78 is 12.4. The van der Waals surface area contributed by atoms with Crippen molar-refractivity contribution in [3.63, 3.8) is 0 Å². The van der Waals surface area contributed by atoms with Crippen molar-refractivity contribution < 1.29 is 18.8 Å². The Balaban J connectivity index is 1.88. The quantitative estimate of drug-likeness (QED) is 0.314. The number of unbranched alkanes of at least 4 members (excludes halogenated alkanes) is 9. The highest BCUT2D eigenvalue weighted by atomic mass is 16.5. The molecule has 1 unspecified atom stereocenters. The van der Waals surface area contributed by atoms with Crippen molar-refractivity contribution in [2.24, 2.45) is 0 Å². The summed E-state index contributed by atoms with van der Waals surface area (Å²) in [5, 5.41) is 0. The molecule has 0 aromatic rings. The van der Waals surface area contributed by atoms with Gasteiger partial charge in [-0.25, -0.2) is 9.37 Å². The fourth-order valence-corrected chi connectivity index (χ4v) is 2.71. The Hall–Kier alpha value is -0.900. The molecular formula is C18H34NO3+. The number of carbonyl (C=O) groups excluding carboxylic acids is 1. The van der Waals surface area contributed by atoms with Gasteiger partial charge in [0, 0.05) is 0 Å². The zero-order chi connectivity index (χ0) is 16.0. The van der Waals surface area contributed by atoms with E-state index in [-0.39, 0.29) is 12.0 Å². The standard InChI is InChI=1S/C18H34NO3/c1-3-4-5-6-7-8-9-10-11-12-14-22-18(20)17-16-21-15-13-19(17)2/h17H,2-16H2,1H3/q+1. The Labute approximate surface area is 135 Å². The van der Waals surface area contributed by atoms with Gasteiger partial charge in [-0.1, -0.05) is 64.7 Å². The molecule has 4 nitrogen and oxygen atoms in total. The molecule has 0 amide bonds. The van der Waals surface area contributed by atoms with Crippen LogP contribution >= 0.6 is 0 Å². The molecule has 1 rings (SSSR count). The molecule has 0 bridgehead atoms. The maximum Gasteiger partial charge on any atom is 0.377 e. The fraction of sp³-hybridized carbons (Fsp3) is 0.889. The number of hydrogen-bond donors (Lipinski definition) is 0. The van der Waals surface area contributed by atoms with E-state index in [1.165, 1.54) is 51.4 Å². The fourth-order valence-electron chi connectivity index (χ4n) is 2.71. The summed E-state index contributed by atoms with van der Waals surface area (Å²) in [5.74, 6) is -0.189. The lowest BCUT2D eigenvalue weighted by atomic mass is 10.1. The molecule has 0 N–H and O–H groups in total. The first-order chi connectivity index (χ1) is 10.8. The van der Waals surface area contributed by atoms with Gasteiger partial charge in [0.1, 0.15) is 19.9 Å². The number of rotatable bonds is 12. The molecule has 0 saturated carbocycles. The molecule has 1 aliphatic heterocycles. The van der Waals surface area contributed by atoms with Gasteiger partial charge in [-0.05, 0) is 6.42 Å². The van der Waals surface area contributed by atoms with E-state index in [2.05, 4.69) is 13.6 Å². The Morgan fingerprint density at radius 2 is 1.68 bits per heavy atom. The van der Waals surface area contributed by atoms with Crippen LogP contribution in [-0.2, 0) is 14.3 Å². The minimum atomic E-state index is -0.322. The molecule has 0 spiro atoms. The monoisotopic (exact) mass is 312 g/mol. The first-order valence-electron chi connectivity index (χ1n) is 9.07. The van der Waals surface area contributed by atoms with Crippen LogP contribution in [0.25, 0.3) is 0 Å². The van der Waals surface area contributed by atoms with Crippen molar-refractivity contribution in [2.75, 3.05) is 26.4 Å². The highest BCUT2D eigenvalue weighted by molar-refractivity contribution is 5.74. The maximum absolute atomic E-state index is 11.9. The lowest BCUT2D eigenvalue weighted by Gasteiger charge is -2.18. The van der Waals surface area contributed by atoms with Crippen molar-refractivity contribution in [1.29, 1.82) is 0 Å². The third-order valence-corrected chi connectivity index (χ3v) is 4.25. The van der Waals surface area contributed by atoms with Crippen LogP contribution in [0, 0.1) is 0 Å². The molecule has 22 heavy (non-hydrogen) atoms. The normalized spacial score (nSPS) is 18.4. The molecule has 1 saturated heterocycles. The van der Waals surface area contributed by atoms with E-state index < -0.39 is 0 Å². The highest BCUT2D eigenvalue weighted by Gasteiger charge is 2.32. The van der Waals surface area contributed by atoms with Crippen molar-refractivity contribution in [3.8, 4) is 0 Å². The second-order valence-electron chi connectivity index (χ2n) is 6.25. The molecule has 1 heterocycles. The molecule has 1 fully saturated rings. The van der Waals surface area contributed by atoms with Crippen molar-refractivity contribution >= 4 is 12.7 Å². The molecule has 1 atom stereocenters. The summed E-state index contributed by atoms with van der Waals surface area (Å²) in [7, 11) is 0. The third kappa shape index (κ3) is 8.52. The average Bonchev–Trinajstić information content (AvgIpc) is 2.53. The van der Waals surface area contributed by atoms with Crippen molar-refractivity contribution in [1.82, 2.24) is 0 Å². The minimum Gasteiger partial charge on any atom is -0.461 e. The molecule has 0 radical (unpaired) electrons. The smallest absolute Gasteiger partial charge is 0.377 e. The van der Waals surface area contributed by atoms with Crippen molar-refractivity contribution in [3.05, 3.63) is 0 Å². The number of esters is 1. The van der Waals surface area contributed by atoms with Gasteiger partial charge < -0.3 is 9.47 Å².